The molecule has 0 aromatic rings. The van der Waals surface area contributed by atoms with E-state index in [1.54, 1.807) is 6.92 Å². The monoisotopic (exact) mass is 174 g/mol. The van der Waals surface area contributed by atoms with Crippen molar-refractivity contribution < 1.29 is 9.84 Å². The van der Waals surface area contributed by atoms with Gasteiger partial charge in [0.25, 0.3) is 0 Å². The van der Waals surface area contributed by atoms with Gasteiger partial charge in [-0.05, 0) is 6.92 Å². The van der Waals surface area contributed by atoms with Crippen LogP contribution in [0.15, 0.2) is 10.4 Å². The number of hydrogen-bond acceptors (Lipinski definition) is 6. The molecular weight excluding hydrogens is 164 g/mol. The summed E-state index contributed by atoms with van der Waals surface area (Å²) < 4.78 is 4.98. The van der Waals surface area contributed by atoms with E-state index in [0.29, 0.717) is 0 Å². The first-order valence-electron chi connectivity index (χ1n) is 3.65. The van der Waals surface area contributed by atoms with Gasteiger partial charge in [-0.25, -0.2) is 0 Å². The molecule has 0 spiro atoms. The zero-order chi connectivity index (χ0) is 9.14. The molecule has 1 fully saturated rings. The van der Waals surface area contributed by atoms with Gasteiger partial charge in [0.2, 0.25) is 0 Å². The Morgan fingerprint density at radius 2 is 2.08 bits per heavy atom. The van der Waals surface area contributed by atoms with Gasteiger partial charge in [-0.1, -0.05) is 10.4 Å². The van der Waals surface area contributed by atoms with E-state index >= 15 is 0 Å². The average Bonchev–Trinajstić information content (AvgIpc) is 2.09. The van der Waals surface area contributed by atoms with Gasteiger partial charge in [0.1, 0.15) is 18.2 Å². The van der Waals surface area contributed by atoms with E-state index < -0.39 is 24.3 Å². The molecule has 6 nitrogen and oxygen atoms in total. The highest BCUT2D eigenvalue weighted by molar-refractivity contribution is 4.93. The predicted molar refractivity (Wildman–Crippen MR) is 40.6 cm³/mol. The van der Waals surface area contributed by atoms with Gasteiger partial charge in [0, 0.05) is 0 Å². The molecule has 0 aromatic heterocycles. The summed E-state index contributed by atoms with van der Waals surface area (Å²) in [4.78, 5) is 20.4. The second-order valence-electron chi connectivity index (χ2n) is 2.80. The lowest BCUT2D eigenvalue weighted by Gasteiger charge is -2.31. The van der Waals surface area contributed by atoms with Crippen molar-refractivity contribution in [1.82, 2.24) is 0 Å². The molecule has 0 aromatic carbocycles. The van der Waals surface area contributed by atoms with E-state index in [1.807, 2.05) is 0 Å². The Balaban J connectivity index is 2.70. The van der Waals surface area contributed by atoms with E-state index in [-0.39, 0.29) is 6.61 Å². The van der Waals surface area contributed by atoms with Crippen LogP contribution in [0.3, 0.4) is 0 Å². The second-order valence-corrected chi connectivity index (χ2v) is 2.80. The number of nitrogens with zero attached hydrogens (tertiary/aromatic N) is 2. The molecule has 1 aliphatic rings. The summed E-state index contributed by atoms with van der Waals surface area (Å²) in [6.45, 7) is 1.67. The minimum atomic E-state index is -1.03. The molecule has 6 heteroatoms. The second kappa shape index (κ2) is 3.68. The van der Waals surface area contributed by atoms with Crippen molar-refractivity contribution >= 4 is 0 Å². The summed E-state index contributed by atoms with van der Waals surface area (Å²) in [5.41, 5.74) is 0. The third-order valence-electron chi connectivity index (χ3n) is 2.01. The first-order chi connectivity index (χ1) is 5.70. The summed E-state index contributed by atoms with van der Waals surface area (Å²) in [6, 6.07) is -1.82. The molecule has 4 unspecified atom stereocenters. The van der Waals surface area contributed by atoms with E-state index in [4.69, 9.17) is 4.74 Å². The highest BCUT2D eigenvalue weighted by Crippen LogP contribution is 2.19. The Bertz CT molecular complexity index is 186. The summed E-state index contributed by atoms with van der Waals surface area (Å²) >= 11 is 0. The summed E-state index contributed by atoms with van der Waals surface area (Å²) in [7, 11) is 0. The molecule has 0 aliphatic carbocycles. The van der Waals surface area contributed by atoms with Gasteiger partial charge >= 0.3 is 0 Å². The molecule has 1 rings (SSSR count). The van der Waals surface area contributed by atoms with Crippen molar-refractivity contribution in [1.29, 1.82) is 0 Å². The molecule has 0 amide bonds. The molecule has 1 heterocycles. The first kappa shape index (κ1) is 9.21. The smallest absolute Gasteiger partial charge is 0.148 e. The predicted octanol–water partition coefficient (Wildman–Crippen LogP) is 0.0360. The Labute approximate surface area is 68.9 Å². The van der Waals surface area contributed by atoms with Crippen molar-refractivity contribution in [2.75, 3.05) is 6.61 Å². The van der Waals surface area contributed by atoms with Crippen molar-refractivity contribution in [3.63, 3.8) is 0 Å². The summed E-state index contributed by atoms with van der Waals surface area (Å²) in [5.74, 6) is 0. The van der Waals surface area contributed by atoms with E-state index in [9.17, 15) is 14.9 Å². The largest absolute Gasteiger partial charge is 0.388 e. The number of ether oxygens (including phenoxy) is 1. The van der Waals surface area contributed by atoms with Crippen LogP contribution >= 0.6 is 0 Å². The minimum Gasteiger partial charge on any atom is -0.388 e. The molecule has 0 bridgehead atoms. The number of aliphatic hydroxyl groups is 1. The van der Waals surface area contributed by atoms with Gasteiger partial charge in [0.05, 0.1) is 12.7 Å². The standard InChI is InChI=1S/C6H10N2O4/c1-3-6(9)5(8-11)4(7-10)2-12-3/h3-6,9H,2H2,1H3. The van der Waals surface area contributed by atoms with Crippen LogP contribution in [0.5, 0.6) is 0 Å². The lowest BCUT2D eigenvalue weighted by atomic mass is 9.98. The molecular formula is C6H10N2O4. The van der Waals surface area contributed by atoms with Gasteiger partial charge in [-0.2, -0.15) is 9.81 Å². The molecule has 1 N–H and O–H groups in total. The maximum Gasteiger partial charge on any atom is 0.148 e. The average molecular weight is 174 g/mol. The third-order valence-corrected chi connectivity index (χ3v) is 2.01. The molecule has 1 aliphatic heterocycles. The molecule has 0 saturated carbocycles. The van der Waals surface area contributed by atoms with Crippen molar-refractivity contribution in [2.24, 2.45) is 10.4 Å². The fourth-order valence-electron chi connectivity index (χ4n) is 1.18. The van der Waals surface area contributed by atoms with Crippen LogP contribution in [0, 0.1) is 9.81 Å². The van der Waals surface area contributed by atoms with Crippen LogP contribution in [0.25, 0.3) is 0 Å². The van der Waals surface area contributed by atoms with Gasteiger partial charge < -0.3 is 9.84 Å². The van der Waals surface area contributed by atoms with Crippen molar-refractivity contribution in [3.05, 3.63) is 9.81 Å². The minimum absolute atomic E-state index is 0.0537. The molecule has 0 radical (unpaired) electrons. The fraction of sp³-hybridized carbons (Fsp3) is 1.00. The number of nitroso groups, excluding NO2 is 2. The Morgan fingerprint density at radius 1 is 1.42 bits per heavy atom. The third kappa shape index (κ3) is 1.49. The maximum atomic E-state index is 10.2. The van der Waals surface area contributed by atoms with Crippen LogP contribution in [0.1, 0.15) is 6.92 Å². The van der Waals surface area contributed by atoms with Crippen LogP contribution in [-0.2, 0) is 4.74 Å². The van der Waals surface area contributed by atoms with Gasteiger partial charge in [-0.15, -0.1) is 0 Å². The zero-order valence-electron chi connectivity index (χ0n) is 6.58. The van der Waals surface area contributed by atoms with Crippen molar-refractivity contribution in [2.45, 2.75) is 31.2 Å². The van der Waals surface area contributed by atoms with Crippen LogP contribution in [0.4, 0.5) is 0 Å². The van der Waals surface area contributed by atoms with Crippen LogP contribution < -0.4 is 0 Å². The summed E-state index contributed by atoms with van der Waals surface area (Å²) in [6.07, 6.45) is -1.50. The quantitative estimate of drug-likeness (QED) is 0.598. The highest BCUT2D eigenvalue weighted by atomic mass is 16.5. The number of hydrogen-bond donors (Lipinski definition) is 1. The van der Waals surface area contributed by atoms with E-state index in [1.165, 1.54) is 0 Å². The molecule has 68 valence electrons. The number of aliphatic hydroxyl groups excluding tert-OH is 1. The van der Waals surface area contributed by atoms with Gasteiger partial charge in [-0.3, -0.25) is 0 Å². The highest BCUT2D eigenvalue weighted by Gasteiger charge is 2.39. The van der Waals surface area contributed by atoms with E-state index in [0.717, 1.165) is 0 Å². The topological polar surface area (TPSA) is 88.3 Å². The first-order valence-corrected chi connectivity index (χ1v) is 3.65. The molecule has 4 atom stereocenters. The Morgan fingerprint density at radius 3 is 2.58 bits per heavy atom. The van der Waals surface area contributed by atoms with Crippen LogP contribution in [-0.4, -0.2) is 36.0 Å². The number of rotatable bonds is 2. The van der Waals surface area contributed by atoms with Gasteiger partial charge in [0.15, 0.2) is 0 Å². The zero-order valence-corrected chi connectivity index (χ0v) is 6.58. The summed E-state index contributed by atoms with van der Waals surface area (Å²) in [5, 5.41) is 14.6. The Hall–Kier alpha value is -0.880. The molecule has 12 heavy (non-hydrogen) atoms. The Kier molecular flexibility index (Phi) is 2.83. The van der Waals surface area contributed by atoms with Crippen LogP contribution in [0.2, 0.25) is 0 Å². The SMILES string of the molecule is CC1OCC(N=O)C(N=O)C1O. The van der Waals surface area contributed by atoms with Crippen molar-refractivity contribution in [3.8, 4) is 0 Å². The normalized spacial score (nSPS) is 42.2. The lowest BCUT2D eigenvalue weighted by Crippen LogP contribution is -2.49. The fourth-order valence-corrected chi connectivity index (χ4v) is 1.18. The maximum absolute atomic E-state index is 10.2. The lowest BCUT2D eigenvalue weighted by molar-refractivity contribution is -0.0822. The van der Waals surface area contributed by atoms with E-state index in [2.05, 4.69) is 10.4 Å². The molecule has 1 saturated heterocycles.